The summed E-state index contributed by atoms with van der Waals surface area (Å²) >= 11 is 6.01. The van der Waals surface area contributed by atoms with E-state index < -0.39 is 15.0 Å². The van der Waals surface area contributed by atoms with Gasteiger partial charge in [0.2, 0.25) is 0 Å². The molecule has 5 nitrogen and oxygen atoms in total. The molecule has 0 N–H and O–H groups in total. The molecule has 1 amide bonds. The van der Waals surface area contributed by atoms with E-state index in [0.717, 1.165) is 0 Å². The molecule has 0 aliphatic rings. The van der Waals surface area contributed by atoms with Gasteiger partial charge < -0.3 is 9.64 Å². The third kappa shape index (κ3) is 4.32. The van der Waals surface area contributed by atoms with E-state index in [1.54, 1.807) is 13.8 Å². The molecule has 0 aliphatic heterocycles. The smallest absolute Gasteiger partial charge is 0.262 e. The Hall–Kier alpha value is -0.820. The van der Waals surface area contributed by atoms with Gasteiger partial charge in [-0.3, -0.25) is 4.79 Å². The first-order valence-electron chi connectivity index (χ1n) is 6.27. The van der Waals surface area contributed by atoms with Gasteiger partial charge in [-0.15, -0.1) is 0 Å². The second kappa shape index (κ2) is 7.45. The summed E-state index contributed by atoms with van der Waals surface area (Å²) in [5, 5.41) is 0.0461. The second-order valence-electron chi connectivity index (χ2n) is 4.45. The van der Waals surface area contributed by atoms with Gasteiger partial charge in [0, 0.05) is 24.3 Å². The summed E-state index contributed by atoms with van der Waals surface area (Å²) in [5.74, 6) is -0.494. The zero-order valence-corrected chi connectivity index (χ0v) is 14.3. The fraction of sp³-hybridized carbons (Fsp3) is 0.462. The van der Waals surface area contributed by atoms with Crippen molar-refractivity contribution in [1.29, 1.82) is 0 Å². The Kier molecular flexibility index (Phi) is 6.46. The van der Waals surface area contributed by atoms with Crippen molar-refractivity contribution in [2.45, 2.75) is 24.8 Å². The van der Waals surface area contributed by atoms with E-state index in [2.05, 4.69) is 0 Å². The normalized spacial score (nSPS) is 13.0. The lowest BCUT2D eigenvalue weighted by molar-refractivity contribution is 0.0576. The predicted octanol–water partition coefficient (Wildman–Crippen LogP) is 2.76. The van der Waals surface area contributed by atoms with Crippen LogP contribution in [0.2, 0.25) is 5.02 Å². The molecule has 0 heterocycles. The Morgan fingerprint density at radius 2 is 2.05 bits per heavy atom. The van der Waals surface area contributed by atoms with Crippen molar-refractivity contribution in [1.82, 2.24) is 4.90 Å². The molecule has 0 saturated heterocycles. The molecule has 0 spiro atoms. The lowest BCUT2D eigenvalue weighted by Gasteiger charge is -2.28. The van der Waals surface area contributed by atoms with Crippen molar-refractivity contribution in [3.05, 3.63) is 28.8 Å². The SMILES string of the molecule is CCN(C(=O)c1c(Cl)cccc1S(=O)(=O)Cl)C(C)COC. The van der Waals surface area contributed by atoms with Gasteiger partial charge in [0.25, 0.3) is 15.0 Å². The molecule has 0 fully saturated rings. The van der Waals surface area contributed by atoms with Gasteiger partial charge in [0.15, 0.2) is 0 Å². The Morgan fingerprint density at radius 3 is 2.52 bits per heavy atom. The Morgan fingerprint density at radius 1 is 1.43 bits per heavy atom. The maximum absolute atomic E-state index is 12.6. The van der Waals surface area contributed by atoms with Crippen LogP contribution in [0.4, 0.5) is 0 Å². The van der Waals surface area contributed by atoms with Crippen LogP contribution >= 0.6 is 22.3 Å². The number of benzene rings is 1. The largest absolute Gasteiger partial charge is 0.383 e. The minimum atomic E-state index is -4.07. The average Bonchev–Trinajstić information content (AvgIpc) is 2.38. The van der Waals surface area contributed by atoms with Crippen LogP contribution < -0.4 is 0 Å². The molecule has 1 aromatic rings. The molecule has 118 valence electrons. The standard InChI is InChI=1S/C13H17Cl2NO4S/c1-4-16(9(2)8-20-3)13(17)12-10(14)6-5-7-11(12)21(15,18)19/h5-7,9H,4,8H2,1-3H3. The molecule has 0 aromatic heterocycles. The molecule has 1 unspecified atom stereocenters. The minimum absolute atomic E-state index is 0.0461. The molecular formula is C13H17Cl2NO4S. The fourth-order valence-electron chi connectivity index (χ4n) is 2.05. The number of nitrogens with zero attached hydrogens (tertiary/aromatic N) is 1. The van der Waals surface area contributed by atoms with Gasteiger partial charge in [-0.2, -0.15) is 0 Å². The number of carbonyl (C=O) groups is 1. The van der Waals surface area contributed by atoms with Crippen molar-refractivity contribution >= 4 is 37.2 Å². The number of hydrogen-bond acceptors (Lipinski definition) is 4. The number of carbonyl (C=O) groups excluding carboxylic acids is 1. The number of methoxy groups -OCH3 is 1. The van der Waals surface area contributed by atoms with Crippen molar-refractivity contribution < 1.29 is 17.9 Å². The summed E-state index contributed by atoms with van der Waals surface area (Å²) in [4.78, 5) is 13.8. The highest BCUT2D eigenvalue weighted by molar-refractivity contribution is 8.13. The summed E-state index contributed by atoms with van der Waals surface area (Å²) in [6.07, 6.45) is 0. The third-order valence-corrected chi connectivity index (χ3v) is 4.67. The van der Waals surface area contributed by atoms with Crippen LogP contribution in [0.1, 0.15) is 24.2 Å². The number of amides is 1. The number of rotatable bonds is 6. The van der Waals surface area contributed by atoms with Gasteiger partial charge >= 0.3 is 0 Å². The molecule has 1 atom stereocenters. The van der Waals surface area contributed by atoms with Crippen LogP contribution in [0.5, 0.6) is 0 Å². The first-order chi connectivity index (χ1) is 9.73. The van der Waals surface area contributed by atoms with E-state index in [9.17, 15) is 13.2 Å². The van der Waals surface area contributed by atoms with Gasteiger partial charge in [0.05, 0.1) is 28.1 Å². The molecule has 0 radical (unpaired) electrons. The van der Waals surface area contributed by atoms with Crippen molar-refractivity contribution in [3.63, 3.8) is 0 Å². The van der Waals surface area contributed by atoms with Gasteiger partial charge in [-0.25, -0.2) is 8.42 Å². The minimum Gasteiger partial charge on any atom is -0.383 e. The highest BCUT2D eigenvalue weighted by Crippen LogP contribution is 2.28. The lowest BCUT2D eigenvalue weighted by Crippen LogP contribution is -2.41. The first-order valence-corrected chi connectivity index (χ1v) is 8.95. The van der Waals surface area contributed by atoms with E-state index in [4.69, 9.17) is 27.0 Å². The third-order valence-electron chi connectivity index (χ3n) is 2.99. The Bertz CT molecular complexity index is 619. The van der Waals surface area contributed by atoms with Gasteiger partial charge in [0.1, 0.15) is 0 Å². The summed E-state index contributed by atoms with van der Waals surface area (Å²) in [6, 6.07) is 3.92. The molecule has 1 aromatic carbocycles. The number of likely N-dealkylation sites (N-methyl/N-ethyl adjacent to an activating group) is 1. The van der Waals surface area contributed by atoms with Crippen molar-refractivity contribution in [2.24, 2.45) is 0 Å². The summed E-state index contributed by atoms with van der Waals surface area (Å²) in [7, 11) is 2.84. The van der Waals surface area contributed by atoms with Crippen LogP contribution in [0.25, 0.3) is 0 Å². The van der Waals surface area contributed by atoms with E-state index in [1.165, 1.54) is 30.2 Å². The van der Waals surface area contributed by atoms with Gasteiger partial charge in [-0.05, 0) is 26.0 Å². The average molecular weight is 354 g/mol. The Labute approximate surface area is 134 Å². The topological polar surface area (TPSA) is 63.7 Å². The highest BCUT2D eigenvalue weighted by Gasteiger charge is 2.28. The van der Waals surface area contributed by atoms with Crippen molar-refractivity contribution in [2.75, 3.05) is 20.3 Å². The fourth-order valence-corrected chi connectivity index (χ4v) is 3.42. The molecule has 1 rings (SSSR count). The number of ether oxygens (including phenoxy) is 1. The zero-order valence-electron chi connectivity index (χ0n) is 12.0. The molecule has 0 saturated carbocycles. The lowest BCUT2D eigenvalue weighted by atomic mass is 10.1. The maximum Gasteiger partial charge on any atom is 0.262 e. The summed E-state index contributed by atoms with van der Waals surface area (Å²) in [6.45, 7) is 4.30. The highest BCUT2D eigenvalue weighted by atomic mass is 35.7. The predicted molar refractivity (Wildman–Crippen MR) is 82.5 cm³/mol. The quantitative estimate of drug-likeness (QED) is 0.737. The van der Waals surface area contributed by atoms with Crippen LogP contribution in [0.3, 0.4) is 0 Å². The molecule has 21 heavy (non-hydrogen) atoms. The molecule has 0 bridgehead atoms. The molecule has 0 aliphatic carbocycles. The number of hydrogen-bond donors (Lipinski definition) is 0. The maximum atomic E-state index is 12.6. The summed E-state index contributed by atoms with van der Waals surface area (Å²) in [5.41, 5.74) is -0.112. The number of halogens is 2. The molecular weight excluding hydrogens is 337 g/mol. The van der Waals surface area contributed by atoms with E-state index in [1.807, 2.05) is 0 Å². The van der Waals surface area contributed by atoms with Crippen LogP contribution in [0.15, 0.2) is 23.1 Å². The first kappa shape index (κ1) is 18.2. The second-order valence-corrected chi connectivity index (χ2v) is 7.39. The van der Waals surface area contributed by atoms with E-state index in [-0.39, 0.29) is 21.5 Å². The Balaban J connectivity index is 3.35. The van der Waals surface area contributed by atoms with E-state index in [0.29, 0.717) is 13.2 Å². The van der Waals surface area contributed by atoms with E-state index >= 15 is 0 Å². The molecule has 8 heteroatoms. The monoisotopic (exact) mass is 353 g/mol. The van der Waals surface area contributed by atoms with Gasteiger partial charge in [-0.1, -0.05) is 17.7 Å². The van der Waals surface area contributed by atoms with Crippen LogP contribution in [-0.4, -0.2) is 45.5 Å². The zero-order chi connectivity index (χ0) is 16.2. The van der Waals surface area contributed by atoms with Crippen LogP contribution in [-0.2, 0) is 13.8 Å². The van der Waals surface area contributed by atoms with Crippen LogP contribution in [0, 0.1) is 0 Å². The summed E-state index contributed by atoms with van der Waals surface area (Å²) < 4.78 is 28.3. The van der Waals surface area contributed by atoms with Crippen molar-refractivity contribution in [3.8, 4) is 0 Å².